The van der Waals surface area contributed by atoms with Crippen LogP contribution >= 0.6 is 0 Å². The summed E-state index contributed by atoms with van der Waals surface area (Å²) in [5.41, 5.74) is 3.07. The van der Waals surface area contributed by atoms with Crippen LogP contribution < -0.4 is 4.90 Å². The molecule has 0 saturated carbocycles. The number of pyridine rings is 1. The van der Waals surface area contributed by atoms with Gasteiger partial charge in [0.1, 0.15) is 0 Å². The van der Waals surface area contributed by atoms with Gasteiger partial charge in [-0.2, -0.15) is 10.1 Å². The van der Waals surface area contributed by atoms with E-state index in [1.54, 1.807) is 17.1 Å². The third kappa shape index (κ3) is 4.53. The smallest absolute Gasteiger partial charge is 0.259 e. The number of carbonyl (C=O) groups is 1. The summed E-state index contributed by atoms with van der Waals surface area (Å²) in [5.74, 6) is 1.69. The third-order valence-corrected chi connectivity index (χ3v) is 6.24. The number of amides is 1. The molecule has 0 N–H and O–H groups in total. The normalized spacial score (nSPS) is 14.4. The second kappa shape index (κ2) is 8.98. The van der Waals surface area contributed by atoms with Gasteiger partial charge in [0.15, 0.2) is 11.6 Å². The number of aromatic nitrogens is 5. The molecule has 4 aromatic rings. The van der Waals surface area contributed by atoms with E-state index in [1.807, 2.05) is 62.9 Å². The molecule has 0 bridgehead atoms. The molecule has 9 nitrogen and oxygen atoms in total. The second-order valence-corrected chi connectivity index (χ2v) is 9.75. The summed E-state index contributed by atoms with van der Waals surface area (Å²) >= 11 is 0. The summed E-state index contributed by atoms with van der Waals surface area (Å²) in [6.45, 7) is 10.9. The number of rotatable bonds is 4. The Hall–Kier alpha value is -4.01. The van der Waals surface area contributed by atoms with Gasteiger partial charge in [0, 0.05) is 43.5 Å². The van der Waals surface area contributed by atoms with E-state index < -0.39 is 0 Å². The van der Waals surface area contributed by atoms with Gasteiger partial charge >= 0.3 is 0 Å². The first-order valence-electron chi connectivity index (χ1n) is 11.8. The largest absolute Gasteiger partial charge is 0.368 e. The summed E-state index contributed by atoms with van der Waals surface area (Å²) in [5, 5.41) is 8.52. The van der Waals surface area contributed by atoms with Crippen molar-refractivity contribution in [2.75, 3.05) is 31.1 Å². The van der Waals surface area contributed by atoms with Gasteiger partial charge in [0.05, 0.1) is 23.0 Å². The SMILES string of the molecule is Cc1c(C(=O)N2CCN(c3ccccc3)CC2)cnn1-c1ccc(-c2nc(C(C)(C)C)no2)cn1. The van der Waals surface area contributed by atoms with Gasteiger partial charge in [0.25, 0.3) is 11.8 Å². The minimum absolute atomic E-state index is 0.00125. The fraction of sp³-hybridized carbons (Fsp3) is 0.346. The molecule has 1 aliphatic heterocycles. The number of nitrogens with zero attached hydrogens (tertiary/aromatic N) is 7. The van der Waals surface area contributed by atoms with E-state index in [0.717, 1.165) is 24.3 Å². The number of hydrogen-bond donors (Lipinski definition) is 0. The van der Waals surface area contributed by atoms with Crippen LogP contribution in [0, 0.1) is 6.92 Å². The van der Waals surface area contributed by atoms with E-state index in [-0.39, 0.29) is 11.3 Å². The van der Waals surface area contributed by atoms with Crippen molar-refractivity contribution in [1.82, 2.24) is 29.8 Å². The van der Waals surface area contributed by atoms with Crippen LogP contribution in [0.5, 0.6) is 0 Å². The standard InChI is InChI=1S/C26H29N7O2/c1-18-21(24(34)32-14-12-31(13-15-32)20-8-6-5-7-9-20)17-28-33(18)22-11-10-19(16-27-22)23-29-25(30-35-23)26(2,3)4/h5-11,16-17H,12-15H2,1-4H3. The summed E-state index contributed by atoms with van der Waals surface area (Å²) in [6, 6.07) is 14.0. The first-order valence-corrected chi connectivity index (χ1v) is 11.8. The summed E-state index contributed by atoms with van der Waals surface area (Å²) in [6.07, 6.45) is 3.31. The summed E-state index contributed by atoms with van der Waals surface area (Å²) in [7, 11) is 0. The van der Waals surface area contributed by atoms with Crippen molar-refractivity contribution >= 4 is 11.6 Å². The lowest BCUT2D eigenvalue weighted by atomic mass is 9.96. The van der Waals surface area contributed by atoms with Crippen LogP contribution in [-0.4, -0.2) is 61.9 Å². The topological polar surface area (TPSA) is 93.2 Å². The molecule has 1 aliphatic rings. The molecule has 0 spiro atoms. The Balaban J connectivity index is 1.28. The van der Waals surface area contributed by atoms with Crippen molar-refractivity contribution in [3.63, 3.8) is 0 Å². The lowest BCUT2D eigenvalue weighted by Crippen LogP contribution is -2.48. The minimum Gasteiger partial charge on any atom is -0.368 e. The predicted octanol–water partition coefficient (Wildman–Crippen LogP) is 3.89. The molecule has 0 unspecified atom stereocenters. The Morgan fingerprint density at radius 3 is 2.34 bits per heavy atom. The lowest BCUT2D eigenvalue weighted by molar-refractivity contribution is 0.0746. The van der Waals surface area contributed by atoms with E-state index in [4.69, 9.17) is 4.52 Å². The van der Waals surface area contributed by atoms with Crippen LogP contribution in [0.1, 0.15) is 42.6 Å². The van der Waals surface area contributed by atoms with Crippen molar-refractivity contribution in [3.05, 3.63) is 71.9 Å². The molecule has 0 atom stereocenters. The first kappa shape index (κ1) is 22.8. The van der Waals surface area contributed by atoms with Crippen LogP contribution in [0.25, 0.3) is 17.3 Å². The molecule has 180 valence electrons. The maximum Gasteiger partial charge on any atom is 0.259 e. The zero-order valence-corrected chi connectivity index (χ0v) is 20.5. The first-order chi connectivity index (χ1) is 16.8. The van der Waals surface area contributed by atoms with Gasteiger partial charge < -0.3 is 14.3 Å². The molecule has 35 heavy (non-hydrogen) atoms. The molecule has 0 radical (unpaired) electrons. The van der Waals surface area contributed by atoms with Crippen LogP contribution in [-0.2, 0) is 5.41 Å². The number of piperazine rings is 1. The number of benzene rings is 1. The molecular weight excluding hydrogens is 442 g/mol. The molecule has 1 saturated heterocycles. The average Bonchev–Trinajstić information content (AvgIpc) is 3.52. The number of anilines is 1. The van der Waals surface area contributed by atoms with E-state index in [0.29, 0.717) is 36.2 Å². The van der Waals surface area contributed by atoms with Crippen molar-refractivity contribution in [2.45, 2.75) is 33.1 Å². The average molecular weight is 472 g/mol. The van der Waals surface area contributed by atoms with Crippen LogP contribution in [0.4, 0.5) is 5.69 Å². The van der Waals surface area contributed by atoms with E-state index in [1.165, 1.54) is 5.69 Å². The zero-order chi connectivity index (χ0) is 24.6. The molecule has 3 aromatic heterocycles. The Bertz CT molecular complexity index is 1310. The third-order valence-electron chi connectivity index (χ3n) is 6.24. The Labute approximate surface area is 204 Å². The Kier molecular flexibility index (Phi) is 5.84. The molecule has 1 aromatic carbocycles. The van der Waals surface area contributed by atoms with Gasteiger partial charge in [-0.1, -0.05) is 44.1 Å². The highest BCUT2D eigenvalue weighted by atomic mass is 16.5. The number of carbonyl (C=O) groups excluding carboxylic acids is 1. The second-order valence-electron chi connectivity index (χ2n) is 9.75. The van der Waals surface area contributed by atoms with Gasteiger partial charge in [-0.15, -0.1) is 0 Å². The van der Waals surface area contributed by atoms with Gasteiger partial charge in [-0.25, -0.2) is 9.67 Å². The predicted molar refractivity (Wildman–Crippen MR) is 133 cm³/mol. The van der Waals surface area contributed by atoms with E-state index in [2.05, 4.69) is 37.3 Å². The monoisotopic (exact) mass is 471 g/mol. The van der Waals surface area contributed by atoms with Crippen molar-refractivity contribution in [3.8, 4) is 17.3 Å². The quantitative estimate of drug-likeness (QED) is 0.446. The fourth-order valence-electron chi connectivity index (χ4n) is 4.11. The fourth-order valence-corrected chi connectivity index (χ4v) is 4.11. The van der Waals surface area contributed by atoms with Gasteiger partial charge in [-0.05, 0) is 31.2 Å². The highest BCUT2D eigenvalue weighted by Crippen LogP contribution is 2.24. The number of para-hydroxylation sites is 1. The Morgan fingerprint density at radius 1 is 0.971 bits per heavy atom. The zero-order valence-electron chi connectivity index (χ0n) is 20.5. The number of hydrogen-bond acceptors (Lipinski definition) is 7. The van der Waals surface area contributed by atoms with Crippen molar-refractivity contribution < 1.29 is 9.32 Å². The summed E-state index contributed by atoms with van der Waals surface area (Å²) < 4.78 is 7.09. The van der Waals surface area contributed by atoms with Crippen LogP contribution in [0.3, 0.4) is 0 Å². The maximum absolute atomic E-state index is 13.2. The lowest BCUT2D eigenvalue weighted by Gasteiger charge is -2.36. The van der Waals surface area contributed by atoms with Gasteiger partial charge in [0.2, 0.25) is 0 Å². The van der Waals surface area contributed by atoms with Crippen LogP contribution in [0.2, 0.25) is 0 Å². The highest BCUT2D eigenvalue weighted by Gasteiger charge is 2.26. The summed E-state index contributed by atoms with van der Waals surface area (Å²) in [4.78, 5) is 26.4. The molecule has 0 aliphatic carbocycles. The molecule has 1 amide bonds. The van der Waals surface area contributed by atoms with Crippen LogP contribution in [0.15, 0.2) is 59.4 Å². The molecule has 5 rings (SSSR count). The molecule has 1 fully saturated rings. The van der Waals surface area contributed by atoms with Gasteiger partial charge in [-0.3, -0.25) is 4.79 Å². The minimum atomic E-state index is -0.196. The maximum atomic E-state index is 13.2. The molecular formula is C26H29N7O2. The van der Waals surface area contributed by atoms with E-state index in [9.17, 15) is 4.79 Å². The van der Waals surface area contributed by atoms with Crippen molar-refractivity contribution in [2.24, 2.45) is 0 Å². The highest BCUT2D eigenvalue weighted by molar-refractivity contribution is 5.95. The molecule has 9 heteroatoms. The Morgan fingerprint density at radius 2 is 1.71 bits per heavy atom. The van der Waals surface area contributed by atoms with E-state index >= 15 is 0 Å². The molecule has 4 heterocycles. The van der Waals surface area contributed by atoms with Crippen molar-refractivity contribution in [1.29, 1.82) is 0 Å².